The van der Waals surface area contributed by atoms with Crippen LogP contribution in [0, 0.1) is 0 Å². The van der Waals surface area contributed by atoms with Crippen molar-refractivity contribution >= 4 is 40.7 Å². The Hall–Kier alpha value is -1.98. The van der Waals surface area contributed by atoms with Gasteiger partial charge in [-0.1, -0.05) is 41.4 Å². The van der Waals surface area contributed by atoms with Crippen LogP contribution in [0.1, 0.15) is 16.7 Å². The van der Waals surface area contributed by atoms with Gasteiger partial charge in [0, 0.05) is 24.8 Å². The van der Waals surface area contributed by atoms with E-state index in [0.29, 0.717) is 34.5 Å². The first kappa shape index (κ1) is 18.8. The lowest BCUT2D eigenvalue weighted by Crippen LogP contribution is -2.22. The van der Waals surface area contributed by atoms with E-state index in [0.717, 1.165) is 11.6 Å². The molecule has 2 aromatic rings. The average molecular weight is 399 g/mol. The molecule has 0 spiro atoms. The minimum absolute atomic E-state index is 0.0938. The predicted molar refractivity (Wildman–Crippen MR) is 102 cm³/mol. The molecule has 26 heavy (non-hydrogen) atoms. The van der Waals surface area contributed by atoms with Crippen molar-refractivity contribution in [1.82, 2.24) is 0 Å². The summed E-state index contributed by atoms with van der Waals surface area (Å²) in [5, 5.41) is 0.801. The van der Waals surface area contributed by atoms with Gasteiger partial charge in [0.1, 0.15) is 0 Å². The van der Waals surface area contributed by atoms with Crippen LogP contribution in [-0.4, -0.2) is 25.8 Å². The molecule has 2 aromatic carbocycles. The summed E-state index contributed by atoms with van der Waals surface area (Å²) in [5.41, 5.74) is 0.932. The zero-order chi connectivity index (χ0) is 18.9. The van der Waals surface area contributed by atoms with E-state index in [4.69, 9.17) is 23.2 Å². The number of allylic oxidation sites excluding steroid dienone is 1. The zero-order valence-corrected chi connectivity index (χ0v) is 15.3. The van der Waals surface area contributed by atoms with Gasteiger partial charge in [-0.05, 0) is 35.9 Å². The number of halogens is 5. The lowest BCUT2D eigenvalue weighted by Gasteiger charge is -2.22. The molecule has 1 heterocycles. The summed E-state index contributed by atoms with van der Waals surface area (Å²) in [6.45, 7) is 0.946. The molecule has 0 unspecified atom stereocenters. The van der Waals surface area contributed by atoms with Crippen LogP contribution < -0.4 is 4.90 Å². The lowest BCUT2D eigenvalue weighted by molar-refractivity contribution is -0.137. The molecule has 0 amide bonds. The fourth-order valence-corrected chi connectivity index (χ4v) is 3.12. The number of fused-ring (bicyclic) bond motifs is 1. The van der Waals surface area contributed by atoms with Crippen LogP contribution in [0.25, 0.3) is 6.08 Å². The van der Waals surface area contributed by atoms with Crippen molar-refractivity contribution in [3.63, 3.8) is 0 Å². The topological polar surface area (TPSA) is 15.6 Å². The molecule has 3 rings (SSSR count). The highest BCUT2D eigenvalue weighted by Crippen LogP contribution is 2.37. The molecule has 0 saturated carbocycles. The number of likely N-dealkylation sites (N-methyl/N-ethyl adjacent to an activating group) is 1. The van der Waals surface area contributed by atoms with Crippen LogP contribution in [0.15, 0.2) is 47.5 Å². The Morgan fingerprint density at radius 1 is 1.08 bits per heavy atom. The summed E-state index contributed by atoms with van der Waals surface area (Å²) in [5.74, 6) is 0. The average Bonchev–Trinajstić information content (AvgIpc) is 2.74. The van der Waals surface area contributed by atoms with Gasteiger partial charge in [0.15, 0.2) is 0 Å². The second-order valence-corrected chi connectivity index (χ2v) is 6.71. The predicted octanol–water partition coefficient (Wildman–Crippen LogP) is 5.96. The first-order valence-corrected chi connectivity index (χ1v) is 8.62. The first-order chi connectivity index (χ1) is 12.3. The van der Waals surface area contributed by atoms with Crippen molar-refractivity contribution < 1.29 is 13.2 Å². The third-order valence-electron chi connectivity index (χ3n) is 4.11. The second-order valence-electron chi connectivity index (χ2n) is 5.89. The fourth-order valence-electron chi connectivity index (χ4n) is 2.81. The van der Waals surface area contributed by atoms with Gasteiger partial charge < -0.3 is 4.90 Å². The van der Waals surface area contributed by atoms with Crippen molar-refractivity contribution in [1.29, 1.82) is 0 Å². The van der Waals surface area contributed by atoms with Crippen LogP contribution in [0.2, 0.25) is 10.0 Å². The van der Waals surface area contributed by atoms with Crippen molar-refractivity contribution in [2.24, 2.45) is 4.99 Å². The standard InChI is InChI=1S/C19H15Cl2F3N2/c1-26-10-9-25-16(8-6-12-5-7-14(20)15(21)11-12)18-13(19(22,23)24)3-2-4-17(18)26/h2-8,11H,9-10H2,1H3/b8-6+. The number of hydrogen-bond donors (Lipinski definition) is 0. The highest BCUT2D eigenvalue weighted by atomic mass is 35.5. The maximum Gasteiger partial charge on any atom is 0.417 e. The van der Waals surface area contributed by atoms with Crippen LogP contribution >= 0.6 is 23.2 Å². The van der Waals surface area contributed by atoms with Crippen molar-refractivity contribution in [2.45, 2.75) is 6.18 Å². The fraction of sp³-hybridized carbons (Fsp3) is 0.211. The van der Waals surface area contributed by atoms with Gasteiger partial charge >= 0.3 is 6.18 Å². The van der Waals surface area contributed by atoms with Gasteiger partial charge in [-0.2, -0.15) is 13.2 Å². The van der Waals surface area contributed by atoms with E-state index in [9.17, 15) is 13.2 Å². The Bertz CT molecular complexity index is 889. The number of benzodiazepines with no additional fused rings is 1. The molecule has 7 heteroatoms. The number of nitrogens with zero attached hydrogens (tertiary/aromatic N) is 2. The molecule has 0 aromatic heterocycles. The summed E-state index contributed by atoms with van der Waals surface area (Å²) >= 11 is 11.9. The molecular weight excluding hydrogens is 384 g/mol. The molecular formula is C19H15Cl2F3N2. The quantitative estimate of drug-likeness (QED) is 0.608. The Kier molecular flexibility index (Phi) is 5.30. The highest BCUT2D eigenvalue weighted by Gasteiger charge is 2.36. The minimum Gasteiger partial charge on any atom is -0.372 e. The van der Waals surface area contributed by atoms with Gasteiger partial charge in [0.2, 0.25) is 0 Å². The van der Waals surface area contributed by atoms with E-state index in [1.807, 2.05) is 0 Å². The van der Waals surface area contributed by atoms with E-state index in [1.54, 1.807) is 48.4 Å². The number of alkyl halides is 3. The van der Waals surface area contributed by atoms with Crippen molar-refractivity contribution in [3.8, 4) is 0 Å². The summed E-state index contributed by atoms with van der Waals surface area (Å²) in [4.78, 5) is 6.16. The normalized spacial score (nSPS) is 15.0. The number of rotatable bonds is 2. The maximum atomic E-state index is 13.5. The minimum atomic E-state index is -4.46. The monoisotopic (exact) mass is 398 g/mol. The van der Waals surface area contributed by atoms with Crippen LogP contribution in [0.3, 0.4) is 0 Å². The first-order valence-electron chi connectivity index (χ1n) is 7.86. The van der Waals surface area contributed by atoms with E-state index in [-0.39, 0.29) is 5.56 Å². The largest absolute Gasteiger partial charge is 0.417 e. The van der Waals surface area contributed by atoms with Crippen molar-refractivity contribution in [2.75, 3.05) is 25.0 Å². The molecule has 0 radical (unpaired) electrons. The SMILES string of the molecule is CN1CCN=C(/C=C/c2ccc(Cl)c(Cl)c2)c2c1cccc2C(F)(F)F. The number of benzene rings is 2. The molecule has 0 aliphatic carbocycles. The summed E-state index contributed by atoms with van der Waals surface area (Å²) in [6.07, 6.45) is -1.19. The van der Waals surface area contributed by atoms with Crippen LogP contribution in [0.4, 0.5) is 18.9 Å². The van der Waals surface area contributed by atoms with E-state index in [1.165, 1.54) is 6.07 Å². The van der Waals surface area contributed by atoms with Gasteiger partial charge in [-0.15, -0.1) is 0 Å². The van der Waals surface area contributed by atoms with Gasteiger partial charge in [-0.3, -0.25) is 4.99 Å². The van der Waals surface area contributed by atoms with Gasteiger partial charge in [0.05, 0.1) is 27.9 Å². The van der Waals surface area contributed by atoms with E-state index in [2.05, 4.69) is 4.99 Å². The lowest BCUT2D eigenvalue weighted by atomic mass is 9.98. The van der Waals surface area contributed by atoms with Gasteiger partial charge in [-0.25, -0.2) is 0 Å². The molecule has 0 fully saturated rings. The summed E-state index contributed by atoms with van der Waals surface area (Å²) in [6, 6.07) is 9.22. The Morgan fingerprint density at radius 3 is 2.54 bits per heavy atom. The molecule has 0 atom stereocenters. The van der Waals surface area contributed by atoms with Crippen LogP contribution in [0.5, 0.6) is 0 Å². The zero-order valence-electron chi connectivity index (χ0n) is 13.8. The van der Waals surface area contributed by atoms with Gasteiger partial charge in [0.25, 0.3) is 0 Å². The number of aliphatic imine (C=N–C) groups is 1. The molecule has 1 aliphatic rings. The molecule has 0 N–H and O–H groups in total. The smallest absolute Gasteiger partial charge is 0.372 e. The Morgan fingerprint density at radius 2 is 1.85 bits per heavy atom. The molecule has 2 nitrogen and oxygen atoms in total. The third-order valence-corrected chi connectivity index (χ3v) is 4.85. The Balaban J connectivity index is 2.09. The Labute approximate surface area is 159 Å². The third kappa shape index (κ3) is 3.89. The maximum absolute atomic E-state index is 13.5. The molecule has 136 valence electrons. The van der Waals surface area contributed by atoms with E-state index >= 15 is 0 Å². The summed E-state index contributed by atoms with van der Waals surface area (Å²) < 4.78 is 40.6. The highest BCUT2D eigenvalue weighted by molar-refractivity contribution is 6.42. The molecule has 0 saturated heterocycles. The van der Waals surface area contributed by atoms with Crippen molar-refractivity contribution in [3.05, 3.63) is 69.2 Å². The van der Waals surface area contributed by atoms with Crippen LogP contribution in [-0.2, 0) is 6.18 Å². The van der Waals surface area contributed by atoms with E-state index < -0.39 is 11.7 Å². The number of hydrogen-bond acceptors (Lipinski definition) is 2. The molecule has 1 aliphatic heterocycles. The second kappa shape index (κ2) is 7.33. The summed E-state index contributed by atoms with van der Waals surface area (Å²) in [7, 11) is 1.76. The number of anilines is 1. The molecule has 0 bridgehead atoms.